The minimum atomic E-state index is 0.445. The first-order valence-electron chi connectivity index (χ1n) is 5.67. The molecule has 0 unspecified atom stereocenters. The van der Waals surface area contributed by atoms with Crippen LogP contribution in [0, 0.1) is 0 Å². The second-order valence-corrected chi connectivity index (χ2v) is 4.38. The van der Waals surface area contributed by atoms with E-state index in [-0.39, 0.29) is 0 Å². The van der Waals surface area contributed by atoms with E-state index in [9.17, 15) is 0 Å². The van der Waals surface area contributed by atoms with E-state index in [4.69, 9.17) is 20.8 Å². The molecule has 0 aliphatic heterocycles. The Hall–Kier alpha value is -1.93. The van der Waals surface area contributed by atoms with Crippen molar-refractivity contribution in [3.63, 3.8) is 0 Å². The molecule has 0 bridgehead atoms. The first kappa shape index (κ1) is 11.2. The van der Waals surface area contributed by atoms with E-state index in [1.807, 2.05) is 48.5 Å². The van der Waals surface area contributed by atoms with Crippen LogP contribution in [0.2, 0.25) is 5.02 Å². The largest absolute Gasteiger partial charge is 0.487 e. The van der Waals surface area contributed by atoms with Gasteiger partial charge in [0.25, 0.3) is 0 Å². The van der Waals surface area contributed by atoms with Crippen LogP contribution < -0.4 is 4.74 Å². The number of fused-ring (bicyclic) bond motifs is 1. The van der Waals surface area contributed by atoms with Crippen LogP contribution in [0.15, 0.2) is 59.2 Å². The molecule has 3 heteroatoms. The topological polar surface area (TPSA) is 22.4 Å². The third kappa shape index (κ3) is 2.07. The summed E-state index contributed by atoms with van der Waals surface area (Å²) in [6.07, 6.45) is 1.72. The van der Waals surface area contributed by atoms with E-state index in [0.29, 0.717) is 17.4 Å². The van der Waals surface area contributed by atoms with Crippen LogP contribution in [-0.2, 0) is 6.61 Å². The fourth-order valence-corrected chi connectivity index (χ4v) is 2.05. The van der Waals surface area contributed by atoms with Crippen molar-refractivity contribution in [1.29, 1.82) is 0 Å². The summed E-state index contributed by atoms with van der Waals surface area (Å²) in [4.78, 5) is 0. The molecule has 0 saturated carbocycles. The molecule has 1 aromatic heterocycles. The van der Waals surface area contributed by atoms with Gasteiger partial charge in [0.2, 0.25) is 0 Å². The molecular formula is C15H11ClO2. The molecule has 18 heavy (non-hydrogen) atoms. The SMILES string of the molecule is Clc1ccccc1OCc1coc2ccccc12. The molecule has 2 aromatic carbocycles. The number of hydrogen-bond donors (Lipinski definition) is 0. The summed E-state index contributed by atoms with van der Waals surface area (Å²) in [5, 5.41) is 1.69. The van der Waals surface area contributed by atoms with Gasteiger partial charge in [-0.15, -0.1) is 0 Å². The van der Waals surface area contributed by atoms with E-state index >= 15 is 0 Å². The van der Waals surface area contributed by atoms with Gasteiger partial charge in [-0.1, -0.05) is 41.9 Å². The average molecular weight is 259 g/mol. The van der Waals surface area contributed by atoms with Crippen LogP contribution in [0.1, 0.15) is 5.56 Å². The predicted molar refractivity (Wildman–Crippen MR) is 72.0 cm³/mol. The highest BCUT2D eigenvalue weighted by atomic mass is 35.5. The summed E-state index contributed by atoms with van der Waals surface area (Å²) in [7, 11) is 0. The molecule has 0 radical (unpaired) electrons. The van der Waals surface area contributed by atoms with E-state index in [1.165, 1.54) is 0 Å². The molecule has 1 heterocycles. The Bertz CT molecular complexity index is 673. The molecule has 0 fully saturated rings. The lowest BCUT2D eigenvalue weighted by Gasteiger charge is -2.06. The lowest BCUT2D eigenvalue weighted by molar-refractivity contribution is 0.306. The van der Waals surface area contributed by atoms with E-state index in [0.717, 1.165) is 16.5 Å². The lowest BCUT2D eigenvalue weighted by atomic mass is 10.2. The molecule has 0 aliphatic carbocycles. The summed E-state index contributed by atoms with van der Waals surface area (Å²) < 4.78 is 11.2. The van der Waals surface area contributed by atoms with Gasteiger partial charge in [-0.25, -0.2) is 0 Å². The molecule has 3 aromatic rings. The number of hydrogen-bond acceptors (Lipinski definition) is 2. The summed E-state index contributed by atoms with van der Waals surface area (Å²) in [5.74, 6) is 0.685. The average Bonchev–Trinajstić information content (AvgIpc) is 2.81. The van der Waals surface area contributed by atoms with Crippen molar-refractivity contribution in [1.82, 2.24) is 0 Å². The molecule has 0 amide bonds. The van der Waals surface area contributed by atoms with Crippen molar-refractivity contribution in [3.8, 4) is 5.75 Å². The van der Waals surface area contributed by atoms with Crippen molar-refractivity contribution < 1.29 is 9.15 Å². The second-order valence-electron chi connectivity index (χ2n) is 3.98. The van der Waals surface area contributed by atoms with Crippen molar-refractivity contribution in [2.75, 3.05) is 0 Å². The molecule has 0 atom stereocenters. The number of benzene rings is 2. The molecule has 2 nitrogen and oxygen atoms in total. The maximum absolute atomic E-state index is 6.03. The maximum atomic E-state index is 6.03. The Morgan fingerprint density at radius 1 is 1.00 bits per heavy atom. The number of rotatable bonds is 3. The first-order valence-corrected chi connectivity index (χ1v) is 6.05. The van der Waals surface area contributed by atoms with Crippen molar-refractivity contribution >= 4 is 22.6 Å². The zero-order chi connectivity index (χ0) is 12.4. The van der Waals surface area contributed by atoms with E-state index in [1.54, 1.807) is 6.26 Å². The Kier molecular flexibility index (Phi) is 2.95. The predicted octanol–water partition coefficient (Wildman–Crippen LogP) is 4.67. The number of para-hydroxylation sites is 2. The van der Waals surface area contributed by atoms with Gasteiger partial charge in [-0.3, -0.25) is 0 Å². The molecule has 90 valence electrons. The highest BCUT2D eigenvalue weighted by molar-refractivity contribution is 6.32. The van der Waals surface area contributed by atoms with Crippen LogP contribution in [-0.4, -0.2) is 0 Å². The number of halogens is 1. The molecule has 0 saturated heterocycles. The highest BCUT2D eigenvalue weighted by Gasteiger charge is 2.06. The minimum absolute atomic E-state index is 0.445. The van der Waals surface area contributed by atoms with Crippen LogP contribution in [0.5, 0.6) is 5.75 Å². The summed E-state index contributed by atoms with van der Waals surface area (Å²) in [6.45, 7) is 0.445. The van der Waals surface area contributed by atoms with Gasteiger partial charge < -0.3 is 9.15 Å². The standard InChI is InChI=1S/C15H11ClO2/c16-13-6-2-4-8-15(13)18-10-11-9-17-14-7-3-1-5-12(11)14/h1-9H,10H2. The Labute approximate surface area is 110 Å². The van der Waals surface area contributed by atoms with Crippen LogP contribution >= 0.6 is 11.6 Å². The van der Waals surface area contributed by atoms with Gasteiger partial charge in [-0.2, -0.15) is 0 Å². The quantitative estimate of drug-likeness (QED) is 0.681. The van der Waals surface area contributed by atoms with Crippen LogP contribution in [0.25, 0.3) is 11.0 Å². The van der Waals surface area contributed by atoms with Gasteiger partial charge in [0.1, 0.15) is 17.9 Å². The minimum Gasteiger partial charge on any atom is -0.487 e. The second kappa shape index (κ2) is 4.75. The number of ether oxygens (including phenoxy) is 1. The van der Waals surface area contributed by atoms with Crippen LogP contribution in [0.3, 0.4) is 0 Å². The smallest absolute Gasteiger partial charge is 0.138 e. The third-order valence-electron chi connectivity index (χ3n) is 2.78. The maximum Gasteiger partial charge on any atom is 0.138 e. The van der Waals surface area contributed by atoms with E-state index in [2.05, 4.69) is 0 Å². The van der Waals surface area contributed by atoms with Crippen molar-refractivity contribution in [3.05, 3.63) is 65.4 Å². The van der Waals surface area contributed by atoms with Gasteiger partial charge in [-0.05, 0) is 18.2 Å². The lowest BCUT2D eigenvalue weighted by Crippen LogP contribution is -1.94. The molecule has 0 spiro atoms. The Balaban J connectivity index is 1.83. The van der Waals surface area contributed by atoms with Gasteiger partial charge in [0.05, 0.1) is 11.3 Å². The fourth-order valence-electron chi connectivity index (χ4n) is 1.86. The zero-order valence-corrected chi connectivity index (χ0v) is 10.4. The molecular weight excluding hydrogens is 248 g/mol. The third-order valence-corrected chi connectivity index (χ3v) is 3.09. The molecule has 0 aliphatic rings. The molecule has 0 N–H and O–H groups in total. The van der Waals surface area contributed by atoms with Gasteiger partial charge >= 0.3 is 0 Å². The van der Waals surface area contributed by atoms with E-state index < -0.39 is 0 Å². The van der Waals surface area contributed by atoms with Crippen molar-refractivity contribution in [2.24, 2.45) is 0 Å². The van der Waals surface area contributed by atoms with Crippen LogP contribution in [0.4, 0.5) is 0 Å². The number of furan rings is 1. The van der Waals surface area contributed by atoms with Gasteiger partial charge in [0, 0.05) is 10.9 Å². The fraction of sp³-hybridized carbons (Fsp3) is 0.0667. The highest BCUT2D eigenvalue weighted by Crippen LogP contribution is 2.26. The zero-order valence-electron chi connectivity index (χ0n) is 9.60. The summed E-state index contributed by atoms with van der Waals surface area (Å²) >= 11 is 6.03. The van der Waals surface area contributed by atoms with Crippen molar-refractivity contribution in [2.45, 2.75) is 6.61 Å². The normalized spacial score (nSPS) is 10.7. The molecule has 3 rings (SSSR count). The Morgan fingerprint density at radius 3 is 2.67 bits per heavy atom. The summed E-state index contributed by atoms with van der Waals surface area (Å²) in [5.41, 5.74) is 1.89. The van der Waals surface area contributed by atoms with Gasteiger partial charge in [0.15, 0.2) is 0 Å². The Morgan fingerprint density at radius 2 is 1.78 bits per heavy atom. The summed E-state index contributed by atoms with van der Waals surface area (Å²) in [6, 6.07) is 15.3. The first-order chi connectivity index (χ1) is 8.84. The monoisotopic (exact) mass is 258 g/mol.